The number of hydrogen-bond donors (Lipinski definition) is 1. The summed E-state index contributed by atoms with van der Waals surface area (Å²) in [4.78, 5) is 2.11. The van der Waals surface area contributed by atoms with Crippen molar-refractivity contribution in [2.24, 2.45) is 0 Å². The van der Waals surface area contributed by atoms with E-state index in [-0.39, 0.29) is 0 Å². The van der Waals surface area contributed by atoms with Crippen LogP contribution in [0, 0.1) is 0 Å². The maximum Gasteiger partial charge on any atom is 0.0608 e. The van der Waals surface area contributed by atoms with E-state index in [0.717, 1.165) is 12.4 Å². The van der Waals surface area contributed by atoms with Gasteiger partial charge in [0.2, 0.25) is 0 Å². The zero-order valence-corrected chi connectivity index (χ0v) is 5.51. The summed E-state index contributed by atoms with van der Waals surface area (Å²) in [7, 11) is 0. The summed E-state index contributed by atoms with van der Waals surface area (Å²) in [5, 5.41) is 0. The molecule has 0 spiro atoms. The Kier molecular flexibility index (Phi) is 2.03. The molecule has 0 amide bonds. The lowest BCUT2D eigenvalue weighted by Crippen LogP contribution is -2.16. The highest BCUT2D eigenvalue weighted by molar-refractivity contribution is 7.80. The lowest BCUT2D eigenvalue weighted by atomic mass is 10.4. The van der Waals surface area contributed by atoms with Gasteiger partial charge in [0.1, 0.15) is 0 Å². The van der Waals surface area contributed by atoms with Crippen molar-refractivity contribution in [2.45, 2.75) is 0 Å². The smallest absolute Gasteiger partial charge is 0.0608 e. The van der Waals surface area contributed by atoms with Gasteiger partial charge < -0.3 is 4.90 Å². The van der Waals surface area contributed by atoms with Gasteiger partial charge in [-0.3, -0.25) is 0 Å². The van der Waals surface area contributed by atoms with Crippen molar-refractivity contribution >= 4 is 12.6 Å². The van der Waals surface area contributed by atoms with Gasteiger partial charge in [-0.1, -0.05) is 12.2 Å². The molecular formula is C6H9NS. The summed E-state index contributed by atoms with van der Waals surface area (Å²) in [6, 6.07) is 0. The molecule has 0 aliphatic carbocycles. The van der Waals surface area contributed by atoms with Crippen LogP contribution in [-0.4, -0.2) is 17.3 Å². The average molecular weight is 127 g/mol. The number of rotatable bonds is 1. The second-order valence-corrected chi connectivity index (χ2v) is 1.97. The molecule has 0 aromatic rings. The van der Waals surface area contributed by atoms with Crippen LogP contribution in [0.5, 0.6) is 0 Å². The molecule has 0 saturated carbocycles. The first-order chi connectivity index (χ1) is 3.93. The van der Waals surface area contributed by atoms with Crippen LogP contribution in [-0.2, 0) is 0 Å². The predicted molar refractivity (Wildman–Crippen MR) is 38.8 cm³/mol. The Balaban J connectivity index is 2.40. The van der Waals surface area contributed by atoms with Gasteiger partial charge in [0.25, 0.3) is 0 Å². The van der Waals surface area contributed by atoms with Crippen molar-refractivity contribution in [2.75, 3.05) is 12.4 Å². The third kappa shape index (κ3) is 1.30. The predicted octanol–water partition coefficient (Wildman–Crippen LogP) is 1.26. The molecule has 44 valence electrons. The molecule has 1 rings (SSSR count). The first-order valence-corrected chi connectivity index (χ1v) is 3.25. The van der Waals surface area contributed by atoms with Crippen molar-refractivity contribution in [1.82, 2.24) is 4.90 Å². The molecule has 1 nitrogen and oxygen atoms in total. The van der Waals surface area contributed by atoms with Gasteiger partial charge in [-0.2, -0.15) is 12.6 Å². The van der Waals surface area contributed by atoms with Crippen molar-refractivity contribution in [3.63, 3.8) is 0 Å². The normalized spacial score (nSPS) is 17.4. The molecule has 0 fully saturated rings. The molecule has 0 aromatic heterocycles. The molecule has 0 aromatic carbocycles. The highest BCUT2D eigenvalue weighted by Gasteiger charge is 1.92. The van der Waals surface area contributed by atoms with E-state index in [4.69, 9.17) is 0 Å². The topological polar surface area (TPSA) is 3.24 Å². The highest BCUT2D eigenvalue weighted by Crippen LogP contribution is 1.97. The van der Waals surface area contributed by atoms with E-state index < -0.39 is 0 Å². The zero-order valence-electron chi connectivity index (χ0n) is 4.62. The molecule has 1 aliphatic rings. The van der Waals surface area contributed by atoms with Gasteiger partial charge in [0, 0.05) is 12.7 Å². The van der Waals surface area contributed by atoms with Gasteiger partial charge in [-0.25, -0.2) is 0 Å². The van der Waals surface area contributed by atoms with Crippen LogP contribution in [0.15, 0.2) is 24.4 Å². The van der Waals surface area contributed by atoms with Gasteiger partial charge in [0.15, 0.2) is 0 Å². The van der Waals surface area contributed by atoms with E-state index in [0.29, 0.717) is 0 Å². The van der Waals surface area contributed by atoms with Gasteiger partial charge in [0.05, 0.1) is 5.88 Å². The van der Waals surface area contributed by atoms with Crippen LogP contribution in [0.1, 0.15) is 0 Å². The molecule has 0 bridgehead atoms. The number of nitrogens with zero attached hydrogens (tertiary/aromatic N) is 1. The van der Waals surface area contributed by atoms with Gasteiger partial charge in [-0.15, -0.1) is 0 Å². The van der Waals surface area contributed by atoms with Gasteiger partial charge >= 0.3 is 0 Å². The Labute approximate surface area is 55.1 Å². The van der Waals surface area contributed by atoms with Crippen LogP contribution in [0.2, 0.25) is 0 Å². The standard InChI is InChI=1S/C6H9NS/c8-6-7-4-2-1-3-5-7/h1-4,8H,5-6H2. The Bertz CT molecular complexity index is 118. The SMILES string of the molecule is SCN1C=CC=CC1. The molecule has 0 N–H and O–H groups in total. The summed E-state index contributed by atoms with van der Waals surface area (Å²) in [6.45, 7) is 1.00. The third-order valence-corrected chi connectivity index (χ3v) is 1.43. The molecular weight excluding hydrogens is 118 g/mol. The lowest BCUT2D eigenvalue weighted by molar-refractivity contribution is 0.487. The summed E-state index contributed by atoms with van der Waals surface area (Å²) in [6.07, 6.45) is 8.20. The zero-order chi connectivity index (χ0) is 5.82. The van der Waals surface area contributed by atoms with Crippen molar-refractivity contribution in [3.8, 4) is 0 Å². The number of hydrogen-bond acceptors (Lipinski definition) is 2. The minimum Gasteiger partial charge on any atom is -0.365 e. The first-order valence-electron chi connectivity index (χ1n) is 2.62. The fourth-order valence-electron chi connectivity index (χ4n) is 0.612. The molecule has 1 heterocycles. The van der Waals surface area contributed by atoms with E-state index in [1.807, 2.05) is 18.4 Å². The number of allylic oxidation sites excluding steroid dienone is 2. The molecule has 0 radical (unpaired) electrons. The van der Waals surface area contributed by atoms with E-state index in [1.165, 1.54) is 0 Å². The first kappa shape index (κ1) is 5.76. The largest absolute Gasteiger partial charge is 0.365 e. The van der Waals surface area contributed by atoms with Gasteiger partial charge in [-0.05, 0) is 6.08 Å². The van der Waals surface area contributed by atoms with Crippen molar-refractivity contribution < 1.29 is 0 Å². The molecule has 0 atom stereocenters. The van der Waals surface area contributed by atoms with Crippen LogP contribution in [0.25, 0.3) is 0 Å². The summed E-state index contributed by atoms with van der Waals surface area (Å²) >= 11 is 4.10. The van der Waals surface area contributed by atoms with Crippen LogP contribution in [0.4, 0.5) is 0 Å². The van der Waals surface area contributed by atoms with Crippen molar-refractivity contribution in [3.05, 3.63) is 24.4 Å². The summed E-state index contributed by atoms with van der Waals surface area (Å²) in [5.74, 6) is 0.806. The second kappa shape index (κ2) is 2.82. The monoisotopic (exact) mass is 127 g/mol. The van der Waals surface area contributed by atoms with Crippen molar-refractivity contribution in [1.29, 1.82) is 0 Å². The molecule has 2 heteroatoms. The third-order valence-electron chi connectivity index (χ3n) is 1.07. The fourth-order valence-corrected chi connectivity index (χ4v) is 0.822. The second-order valence-electron chi connectivity index (χ2n) is 1.68. The maximum absolute atomic E-state index is 4.10. The quantitative estimate of drug-likeness (QED) is 0.519. The van der Waals surface area contributed by atoms with Crippen LogP contribution >= 0.6 is 12.6 Å². The summed E-state index contributed by atoms with van der Waals surface area (Å²) in [5.41, 5.74) is 0. The molecule has 8 heavy (non-hydrogen) atoms. The Morgan fingerprint density at radius 2 is 2.38 bits per heavy atom. The molecule has 0 unspecified atom stereocenters. The minimum atomic E-state index is 0.806. The number of thiol groups is 1. The Hall–Kier alpha value is -0.370. The average Bonchev–Trinajstić information content (AvgIpc) is 1.90. The lowest BCUT2D eigenvalue weighted by Gasteiger charge is -2.16. The van der Waals surface area contributed by atoms with Crippen LogP contribution < -0.4 is 0 Å². The van der Waals surface area contributed by atoms with E-state index in [1.54, 1.807) is 0 Å². The fraction of sp³-hybridized carbons (Fsp3) is 0.333. The minimum absolute atomic E-state index is 0.806. The highest BCUT2D eigenvalue weighted by atomic mass is 32.1. The van der Waals surface area contributed by atoms with E-state index >= 15 is 0 Å². The molecule has 0 saturated heterocycles. The molecule has 1 aliphatic heterocycles. The maximum atomic E-state index is 4.10. The van der Waals surface area contributed by atoms with Crippen LogP contribution in [0.3, 0.4) is 0 Å². The van der Waals surface area contributed by atoms with E-state index in [2.05, 4.69) is 23.6 Å². The van der Waals surface area contributed by atoms with E-state index in [9.17, 15) is 0 Å². The Morgan fingerprint density at radius 3 is 2.75 bits per heavy atom. The Morgan fingerprint density at radius 1 is 1.50 bits per heavy atom. The summed E-state index contributed by atoms with van der Waals surface area (Å²) < 4.78 is 0.